The normalized spacial score (nSPS) is 10.9. The molecule has 9 nitrogen and oxygen atoms in total. The van der Waals surface area contributed by atoms with E-state index in [4.69, 9.17) is 22.1 Å². The van der Waals surface area contributed by atoms with Gasteiger partial charge in [-0.15, -0.1) is 0 Å². The summed E-state index contributed by atoms with van der Waals surface area (Å²) in [5, 5.41) is 6.93. The number of nitrogen functional groups attached to an aromatic ring is 1. The Bertz CT molecular complexity index is 1440. The second-order valence-electron chi connectivity index (χ2n) is 7.74. The van der Waals surface area contributed by atoms with Crippen LogP contribution in [0.1, 0.15) is 30.4 Å². The molecule has 0 saturated carbocycles. The lowest BCUT2D eigenvalue weighted by Gasteiger charge is -2.14. The molecular formula is C24H20ClFN6O3. The summed E-state index contributed by atoms with van der Waals surface area (Å²) in [6.45, 7) is 3.72. The number of halogens is 2. The van der Waals surface area contributed by atoms with Gasteiger partial charge in [0, 0.05) is 30.1 Å². The third-order valence-corrected chi connectivity index (χ3v) is 5.30. The number of carbonyl (C=O) groups excluding carboxylic acids is 1. The van der Waals surface area contributed by atoms with E-state index in [0.29, 0.717) is 17.1 Å². The number of nitrogens with one attached hydrogen (secondary N) is 1. The van der Waals surface area contributed by atoms with Gasteiger partial charge in [0.15, 0.2) is 11.4 Å². The first-order chi connectivity index (χ1) is 16.7. The van der Waals surface area contributed by atoms with Crippen LogP contribution in [0.5, 0.6) is 11.5 Å². The van der Waals surface area contributed by atoms with Crippen molar-refractivity contribution in [3.8, 4) is 22.6 Å². The molecule has 3 N–H and O–H groups in total. The number of ether oxygens (including phenoxy) is 1. The number of aromatic nitrogens is 4. The average Bonchev–Trinajstić information content (AvgIpc) is 2.84. The summed E-state index contributed by atoms with van der Waals surface area (Å²) in [5.74, 6) is -0.226. The summed E-state index contributed by atoms with van der Waals surface area (Å²) < 4.78 is 20.5. The van der Waals surface area contributed by atoms with Gasteiger partial charge in [0.25, 0.3) is 5.91 Å². The predicted molar refractivity (Wildman–Crippen MR) is 130 cm³/mol. The van der Waals surface area contributed by atoms with Crippen LogP contribution >= 0.6 is 11.6 Å². The van der Waals surface area contributed by atoms with Crippen LogP contribution in [-0.4, -0.2) is 25.7 Å². The number of amides is 1. The largest absolute Gasteiger partial charge is 0.454 e. The zero-order valence-corrected chi connectivity index (χ0v) is 19.5. The lowest BCUT2D eigenvalue weighted by atomic mass is 10.1. The van der Waals surface area contributed by atoms with E-state index in [1.165, 1.54) is 47.4 Å². The fourth-order valence-electron chi connectivity index (χ4n) is 3.09. The number of benzene rings is 1. The molecule has 3 aromatic heterocycles. The maximum Gasteiger partial charge on any atom is 0.281 e. The van der Waals surface area contributed by atoms with Crippen LogP contribution in [0.15, 0.2) is 65.8 Å². The fourth-order valence-corrected chi connectivity index (χ4v) is 3.24. The third kappa shape index (κ3) is 5.28. The standard InChI is InChI=1S/C24H20ClFN6O3/c1-13(2)32-12-17(14-3-5-15(26)6-4-14)22(33)21(31-32)24(34)30-19-8-7-16(11-29-19)35-18-9-10-28-23(27)20(18)25/h3-13H,1-2H3,(H2,27,28)(H,29,30,34). The van der Waals surface area contributed by atoms with Gasteiger partial charge in [-0.1, -0.05) is 23.7 Å². The van der Waals surface area contributed by atoms with E-state index in [0.717, 1.165) is 0 Å². The van der Waals surface area contributed by atoms with E-state index in [-0.39, 0.29) is 34.0 Å². The molecule has 0 bridgehead atoms. The Morgan fingerprint density at radius 3 is 2.54 bits per heavy atom. The van der Waals surface area contributed by atoms with Crippen LogP contribution in [0.25, 0.3) is 11.1 Å². The van der Waals surface area contributed by atoms with E-state index in [2.05, 4.69) is 20.4 Å². The molecule has 1 aromatic carbocycles. The topological polar surface area (TPSA) is 125 Å². The second-order valence-corrected chi connectivity index (χ2v) is 8.12. The molecule has 0 atom stereocenters. The van der Waals surface area contributed by atoms with Gasteiger partial charge >= 0.3 is 0 Å². The first kappa shape index (κ1) is 23.8. The molecule has 4 rings (SSSR count). The van der Waals surface area contributed by atoms with Crippen LogP contribution < -0.4 is 21.2 Å². The third-order valence-electron chi connectivity index (χ3n) is 4.92. The zero-order chi connectivity index (χ0) is 25.1. The summed E-state index contributed by atoms with van der Waals surface area (Å²) in [6.07, 6.45) is 4.37. The number of rotatable bonds is 6. The molecule has 178 valence electrons. The van der Waals surface area contributed by atoms with E-state index in [9.17, 15) is 14.0 Å². The van der Waals surface area contributed by atoms with Gasteiger partial charge in [-0.25, -0.2) is 14.4 Å². The smallest absolute Gasteiger partial charge is 0.281 e. The number of anilines is 2. The monoisotopic (exact) mass is 494 g/mol. The van der Waals surface area contributed by atoms with Crippen LogP contribution in [0, 0.1) is 5.82 Å². The molecule has 0 aliphatic carbocycles. The molecule has 0 unspecified atom stereocenters. The van der Waals surface area contributed by atoms with Crippen molar-refractivity contribution in [1.82, 2.24) is 19.7 Å². The van der Waals surface area contributed by atoms with Gasteiger partial charge in [0.1, 0.15) is 28.2 Å². The van der Waals surface area contributed by atoms with Crippen molar-refractivity contribution >= 4 is 29.1 Å². The van der Waals surface area contributed by atoms with Gasteiger partial charge < -0.3 is 15.8 Å². The Labute approximate surface area is 204 Å². The van der Waals surface area contributed by atoms with Crippen molar-refractivity contribution in [2.75, 3.05) is 11.1 Å². The number of nitrogens with two attached hydrogens (primary N) is 1. The molecule has 0 aliphatic rings. The molecule has 0 fully saturated rings. The molecule has 1 amide bonds. The molecule has 4 aromatic rings. The zero-order valence-electron chi connectivity index (χ0n) is 18.7. The Morgan fingerprint density at radius 2 is 1.89 bits per heavy atom. The van der Waals surface area contributed by atoms with Crippen molar-refractivity contribution in [3.05, 3.63) is 87.8 Å². The summed E-state index contributed by atoms with van der Waals surface area (Å²) in [5.41, 5.74) is 5.46. The Kier molecular flexibility index (Phi) is 6.74. The average molecular weight is 495 g/mol. The number of hydrogen-bond acceptors (Lipinski definition) is 7. The van der Waals surface area contributed by atoms with Crippen molar-refractivity contribution in [2.45, 2.75) is 19.9 Å². The van der Waals surface area contributed by atoms with Gasteiger partial charge in [0.05, 0.1) is 6.20 Å². The van der Waals surface area contributed by atoms with Crippen LogP contribution in [0.3, 0.4) is 0 Å². The Morgan fingerprint density at radius 1 is 1.14 bits per heavy atom. The van der Waals surface area contributed by atoms with Gasteiger partial charge in [-0.3, -0.25) is 14.3 Å². The highest BCUT2D eigenvalue weighted by Crippen LogP contribution is 2.32. The summed E-state index contributed by atoms with van der Waals surface area (Å²) >= 11 is 6.08. The molecule has 0 radical (unpaired) electrons. The summed E-state index contributed by atoms with van der Waals surface area (Å²) in [7, 11) is 0. The maximum absolute atomic E-state index is 13.4. The second kappa shape index (κ2) is 9.90. The van der Waals surface area contributed by atoms with Crippen molar-refractivity contribution in [2.24, 2.45) is 0 Å². The molecule has 0 saturated heterocycles. The van der Waals surface area contributed by atoms with Gasteiger partial charge in [-0.05, 0) is 43.7 Å². The minimum atomic E-state index is -0.737. The van der Waals surface area contributed by atoms with Crippen molar-refractivity contribution in [3.63, 3.8) is 0 Å². The van der Waals surface area contributed by atoms with Crippen molar-refractivity contribution in [1.29, 1.82) is 0 Å². The Hall–Kier alpha value is -4.31. The molecule has 0 aliphatic heterocycles. The Balaban J connectivity index is 1.59. The van der Waals surface area contributed by atoms with Crippen LogP contribution in [-0.2, 0) is 0 Å². The number of carbonyl (C=O) groups is 1. The number of nitrogens with zero attached hydrogens (tertiary/aromatic N) is 4. The van der Waals surface area contributed by atoms with E-state index < -0.39 is 17.2 Å². The highest BCUT2D eigenvalue weighted by molar-refractivity contribution is 6.34. The summed E-state index contributed by atoms with van der Waals surface area (Å²) in [4.78, 5) is 34.0. The highest BCUT2D eigenvalue weighted by Gasteiger charge is 2.20. The lowest BCUT2D eigenvalue weighted by molar-refractivity contribution is 0.101. The van der Waals surface area contributed by atoms with Gasteiger partial charge in [0.2, 0.25) is 5.43 Å². The summed E-state index contributed by atoms with van der Waals surface area (Å²) in [6, 6.07) is 9.91. The van der Waals surface area contributed by atoms with Crippen LogP contribution in [0.4, 0.5) is 16.0 Å². The van der Waals surface area contributed by atoms with E-state index in [1.54, 1.807) is 18.3 Å². The lowest BCUT2D eigenvalue weighted by Crippen LogP contribution is -2.28. The van der Waals surface area contributed by atoms with E-state index >= 15 is 0 Å². The number of pyridine rings is 2. The molecule has 0 spiro atoms. The quantitative estimate of drug-likeness (QED) is 0.398. The first-order valence-corrected chi connectivity index (χ1v) is 10.9. The van der Waals surface area contributed by atoms with Gasteiger partial charge in [-0.2, -0.15) is 5.10 Å². The van der Waals surface area contributed by atoms with E-state index in [1.807, 2.05) is 13.8 Å². The number of hydrogen-bond donors (Lipinski definition) is 2. The highest BCUT2D eigenvalue weighted by atomic mass is 35.5. The predicted octanol–water partition coefficient (Wildman–Crippen LogP) is 4.70. The minimum absolute atomic E-state index is 0.128. The first-order valence-electron chi connectivity index (χ1n) is 10.5. The minimum Gasteiger partial charge on any atom is -0.454 e. The molecule has 11 heteroatoms. The SMILES string of the molecule is CC(C)n1cc(-c2ccc(F)cc2)c(=O)c(C(=O)Nc2ccc(Oc3ccnc(N)c3Cl)cn2)n1. The fraction of sp³-hybridized carbons (Fsp3) is 0.125. The maximum atomic E-state index is 13.4. The molecule has 3 heterocycles. The molecule has 35 heavy (non-hydrogen) atoms. The van der Waals surface area contributed by atoms with Crippen molar-refractivity contribution < 1.29 is 13.9 Å². The molecular weight excluding hydrogens is 475 g/mol. The van der Waals surface area contributed by atoms with Crippen LogP contribution in [0.2, 0.25) is 5.02 Å².